The van der Waals surface area contributed by atoms with E-state index >= 15 is 0 Å². The maximum atomic E-state index is 14.1. The van der Waals surface area contributed by atoms with E-state index in [-0.39, 0.29) is 23.6 Å². The van der Waals surface area contributed by atoms with Crippen molar-refractivity contribution in [2.24, 2.45) is 5.92 Å². The van der Waals surface area contributed by atoms with Crippen LogP contribution in [0.4, 0.5) is 8.78 Å². The maximum Gasteiger partial charge on any atom is 0.358 e. The highest BCUT2D eigenvalue weighted by molar-refractivity contribution is 5.88. The van der Waals surface area contributed by atoms with Crippen molar-refractivity contribution in [2.75, 3.05) is 6.61 Å². The van der Waals surface area contributed by atoms with Crippen molar-refractivity contribution in [1.29, 1.82) is 0 Å². The van der Waals surface area contributed by atoms with Crippen LogP contribution in [0.25, 0.3) is 5.65 Å². The van der Waals surface area contributed by atoms with Crippen LogP contribution in [0.1, 0.15) is 67.8 Å². The molecule has 1 saturated carbocycles. The number of hydrogen-bond donors (Lipinski definition) is 0. The van der Waals surface area contributed by atoms with Crippen LogP contribution < -0.4 is 0 Å². The third-order valence-electron chi connectivity index (χ3n) is 4.64. The van der Waals surface area contributed by atoms with E-state index in [1.54, 1.807) is 6.92 Å². The lowest BCUT2D eigenvalue weighted by molar-refractivity contribution is 0.0101. The fourth-order valence-electron chi connectivity index (χ4n) is 3.44. The number of halogens is 2. The minimum Gasteiger partial charge on any atom is -0.461 e. The van der Waals surface area contributed by atoms with Crippen LogP contribution in [0.3, 0.4) is 0 Å². The van der Waals surface area contributed by atoms with Crippen LogP contribution in [0.15, 0.2) is 12.1 Å². The van der Waals surface area contributed by atoms with E-state index in [0.29, 0.717) is 18.0 Å². The summed E-state index contributed by atoms with van der Waals surface area (Å²) in [5, 5.41) is 3.99. The summed E-state index contributed by atoms with van der Waals surface area (Å²) in [6, 6.07) is 2.83. The van der Waals surface area contributed by atoms with E-state index in [1.807, 2.05) is 0 Å². The Balaban J connectivity index is 2.00. The Bertz CT molecular complexity index is 762. The van der Waals surface area contributed by atoms with E-state index < -0.39 is 11.9 Å². The first-order valence-electron chi connectivity index (χ1n) is 8.83. The first-order valence-corrected chi connectivity index (χ1v) is 8.83. The third-order valence-corrected chi connectivity index (χ3v) is 4.64. The Morgan fingerprint density at radius 2 is 2.04 bits per heavy atom. The second kappa shape index (κ2) is 7.06. The average Bonchev–Trinajstić information content (AvgIpc) is 2.98. The van der Waals surface area contributed by atoms with E-state index in [2.05, 4.69) is 10.1 Å². The lowest BCUT2D eigenvalue weighted by Crippen LogP contribution is -2.17. The highest BCUT2D eigenvalue weighted by atomic mass is 19.3. The normalized spacial score (nSPS) is 16.3. The molecular weight excluding hydrogens is 328 g/mol. The molecule has 0 atom stereocenters. The fraction of sp³-hybridized carbons (Fsp3) is 0.611. The summed E-state index contributed by atoms with van der Waals surface area (Å²) in [7, 11) is 0. The standard InChI is InChI=1S/C18H23F2N3O2/c1-3-25-17(24)14-11-16-21-13(9-12-7-5-4-6-8-12)10-15(18(2,19)20)23(16)22-14/h10-12H,3-9H2,1-2H3. The van der Waals surface area contributed by atoms with Crippen LogP contribution in [-0.4, -0.2) is 27.2 Å². The first kappa shape index (κ1) is 17.8. The number of fused-ring (bicyclic) bond motifs is 1. The van der Waals surface area contributed by atoms with Gasteiger partial charge >= 0.3 is 5.97 Å². The Hall–Kier alpha value is -2.05. The van der Waals surface area contributed by atoms with Gasteiger partial charge in [-0.2, -0.15) is 13.9 Å². The monoisotopic (exact) mass is 351 g/mol. The minimum absolute atomic E-state index is 0.00494. The molecule has 2 heterocycles. The zero-order chi connectivity index (χ0) is 18.0. The molecule has 0 bridgehead atoms. The van der Waals surface area contributed by atoms with Gasteiger partial charge in [0.15, 0.2) is 11.3 Å². The van der Waals surface area contributed by atoms with Crippen molar-refractivity contribution in [3.8, 4) is 0 Å². The molecule has 0 aliphatic heterocycles. The van der Waals surface area contributed by atoms with Gasteiger partial charge in [0, 0.05) is 18.7 Å². The van der Waals surface area contributed by atoms with Gasteiger partial charge in [0.1, 0.15) is 5.69 Å². The first-order chi connectivity index (χ1) is 11.9. The smallest absolute Gasteiger partial charge is 0.358 e. The molecule has 0 radical (unpaired) electrons. The average molecular weight is 351 g/mol. The highest BCUT2D eigenvalue weighted by Gasteiger charge is 2.30. The summed E-state index contributed by atoms with van der Waals surface area (Å²) >= 11 is 0. The molecule has 0 amide bonds. The predicted molar refractivity (Wildman–Crippen MR) is 88.8 cm³/mol. The molecule has 0 spiro atoms. The summed E-state index contributed by atoms with van der Waals surface area (Å²) in [4.78, 5) is 16.3. The van der Waals surface area contributed by atoms with Gasteiger partial charge in [0.05, 0.1) is 6.61 Å². The second-order valence-electron chi connectivity index (χ2n) is 6.75. The number of rotatable bonds is 5. The molecule has 5 nitrogen and oxygen atoms in total. The number of carbonyl (C=O) groups excluding carboxylic acids is 1. The number of aromatic nitrogens is 3. The number of ether oxygens (including phenoxy) is 1. The molecule has 0 saturated heterocycles. The molecule has 136 valence electrons. The molecule has 0 aromatic carbocycles. The molecule has 2 aromatic heterocycles. The Labute approximate surface area is 145 Å². The molecule has 0 unspecified atom stereocenters. The van der Waals surface area contributed by atoms with Gasteiger partial charge < -0.3 is 4.74 Å². The van der Waals surface area contributed by atoms with Crippen LogP contribution in [0.5, 0.6) is 0 Å². The summed E-state index contributed by atoms with van der Waals surface area (Å²) in [6.45, 7) is 2.71. The van der Waals surface area contributed by atoms with Gasteiger partial charge in [-0.15, -0.1) is 0 Å². The van der Waals surface area contributed by atoms with Crippen LogP contribution >= 0.6 is 0 Å². The zero-order valence-corrected chi connectivity index (χ0v) is 14.6. The molecule has 1 aliphatic carbocycles. The molecular formula is C18H23F2N3O2. The van der Waals surface area contributed by atoms with Gasteiger partial charge in [-0.05, 0) is 25.3 Å². The Morgan fingerprint density at radius 3 is 2.68 bits per heavy atom. The zero-order valence-electron chi connectivity index (χ0n) is 14.6. The molecule has 1 aliphatic rings. The van der Waals surface area contributed by atoms with E-state index in [9.17, 15) is 13.6 Å². The molecule has 3 rings (SSSR count). The van der Waals surface area contributed by atoms with Crippen molar-refractivity contribution < 1.29 is 18.3 Å². The minimum atomic E-state index is -3.08. The summed E-state index contributed by atoms with van der Waals surface area (Å²) in [5.41, 5.74) is 0.632. The number of esters is 1. The summed E-state index contributed by atoms with van der Waals surface area (Å²) in [5.74, 6) is -3.23. The Morgan fingerprint density at radius 1 is 1.32 bits per heavy atom. The van der Waals surface area contributed by atoms with Crippen LogP contribution in [0.2, 0.25) is 0 Å². The highest BCUT2D eigenvalue weighted by Crippen LogP contribution is 2.31. The van der Waals surface area contributed by atoms with Crippen LogP contribution in [-0.2, 0) is 17.1 Å². The van der Waals surface area contributed by atoms with Gasteiger partial charge in [-0.25, -0.2) is 14.3 Å². The molecule has 7 heteroatoms. The van der Waals surface area contributed by atoms with Crippen molar-refractivity contribution in [3.63, 3.8) is 0 Å². The van der Waals surface area contributed by atoms with E-state index in [0.717, 1.165) is 24.3 Å². The van der Waals surface area contributed by atoms with Crippen molar-refractivity contribution >= 4 is 11.6 Å². The molecule has 0 N–H and O–H groups in total. The molecule has 2 aromatic rings. The fourth-order valence-corrected chi connectivity index (χ4v) is 3.44. The topological polar surface area (TPSA) is 56.5 Å². The lowest BCUT2D eigenvalue weighted by atomic mass is 9.86. The van der Waals surface area contributed by atoms with Gasteiger partial charge in [-0.1, -0.05) is 32.1 Å². The number of nitrogens with zero attached hydrogens (tertiary/aromatic N) is 3. The van der Waals surface area contributed by atoms with Crippen LogP contribution in [0, 0.1) is 5.92 Å². The second-order valence-corrected chi connectivity index (χ2v) is 6.75. The maximum absolute atomic E-state index is 14.1. The van der Waals surface area contributed by atoms with Crippen molar-refractivity contribution in [3.05, 3.63) is 29.2 Å². The number of carbonyl (C=O) groups is 1. The Kier molecular flexibility index (Phi) is 5.01. The van der Waals surface area contributed by atoms with Gasteiger partial charge in [0.25, 0.3) is 5.92 Å². The number of hydrogen-bond acceptors (Lipinski definition) is 4. The lowest BCUT2D eigenvalue weighted by Gasteiger charge is -2.22. The summed E-state index contributed by atoms with van der Waals surface area (Å²) < 4.78 is 34.2. The summed E-state index contributed by atoms with van der Waals surface area (Å²) in [6.07, 6.45) is 6.51. The van der Waals surface area contributed by atoms with Crippen molar-refractivity contribution in [1.82, 2.24) is 14.6 Å². The SMILES string of the molecule is CCOC(=O)c1cc2nc(CC3CCCCC3)cc(C(C)(F)F)n2n1. The van der Waals surface area contributed by atoms with E-state index in [4.69, 9.17) is 4.74 Å². The van der Waals surface area contributed by atoms with Gasteiger partial charge in [0.2, 0.25) is 0 Å². The third kappa shape index (κ3) is 3.96. The van der Waals surface area contributed by atoms with Crippen molar-refractivity contribution in [2.45, 2.75) is 58.3 Å². The number of alkyl halides is 2. The molecule has 1 fully saturated rings. The molecule has 25 heavy (non-hydrogen) atoms. The largest absolute Gasteiger partial charge is 0.461 e. The quantitative estimate of drug-likeness (QED) is 0.760. The predicted octanol–water partition coefficient (Wildman–Crippen LogP) is 4.14. The van der Waals surface area contributed by atoms with E-state index in [1.165, 1.54) is 31.4 Å². The van der Waals surface area contributed by atoms with Gasteiger partial charge in [-0.3, -0.25) is 0 Å².